The standard InChI is InChI=1S/C18H17BrCl2N6O2/c1-18(24-17(28)29)5-7-27(8-6-18)16-14(19)22-13-12(25-26-15(13)23-16)9-3-2-4-10(20)11(9)21/h2-4,24H,5-8H2,1H3,(H,28,29)(H,23,25,26). The first-order chi connectivity index (χ1) is 13.8. The van der Waals surface area contributed by atoms with E-state index in [9.17, 15) is 4.79 Å². The van der Waals surface area contributed by atoms with Crippen molar-refractivity contribution >= 4 is 62.2 Å². The van der Waals surface area contributed by atoms with Crippen LogP contribution in [0.2, 0.25) is 10.0 Å². The topological polar surface area (TPSA) is 107 Å². The van der Waals surface area contributed by atoms with Crippen molar-refractivity contribution < 1.29 is 9.90 Å². The van der Waals surface area contributed by atoms with E-state index in [0.29, 0.717) is 68.8 Å². The van der Waals surface area contributed by atoms with Crippen molar-refractivity contribution in [3.63, 3.8) is 0 Å². The molecular formula is C18H17BrCl2N6O2. The Bertz CT molecular complexity index is 1100. The zero-order valence-electron chi connectivity index (χ0n) is 15.3. The summed E-state index contributed by atoms with van der Waals surface area (Å²) >= 11 is 16.0. The van der Waals surface area contributed by atoms with Crippen molar-refractivity contribution in [1.82, 2.24) is 25.5 Å². The van der Waals surface area contributed by atoms with Gasteiger partial charge in [-0.25, -0.2) is 14.8 Å². The number of anilines is 1. The molecule has 0 spiro atoms. The molecule has 0 atom stereocenters. The number of H-pyrrole nitrogens is 1. The van der Waals surface area contributed by atoms with E-state index in [2.05, 4.69) is 46.3 Å². The number of halogens is 3. The number of carboxylic acid groups (broad SMARTS) is 1. The highest BCUT2D eigenvalue weighted by molar-refractivity contribution is 9.10. The Kier molecular flexibility index (Phi) is 5.30. The number of nitrogens with one attached hydrogen (secondary N) is 2. The zero-order chi connectivity index (χ0) is 20.8. The number of aromatic amines is 1. The van der Waals surface area contributed by atoms with Gasteiger partial charge in [0.15, 0.2) is 5.82 Å². The van der Waals surface area contributed by atoms with Crippen molar-refractivity contribution in [3.8, 4) is 11.3 Å². The molecule has 11 heteroatoms. The number of piperidine rings is 1. The van der Waals surface area contributed by atoms with E-state index < -0.39 is 11.6 Å². The summed E-state index contributed by atoms with van der Waals surface area (Å²) in [4.78, 5) is 22.4. The van der Waals surface area contributed by atoms with Crippen molar-refractivity contribution in [1.29, 1.82) is 0 Å². The molecule has 1 saturated heterocycles. The summed E-state index contributed by atoms with van der Waals surface area (Å²) in [7, 11) is 0. The number of hydrogen-bond acceptors (Lipinski definition) is 5. The summed E-state index contributed by atoms with van der Waals surface area (Å²) in [6.07, 6.45) is 0.317. The third kappa shape index (κ3) is 3.86. The van der Waals surface area contributed by atoms with Crippen LogP contribution in [0.1, 0.15) is 19.8 Å². The number of fused-ring (bicyclic) bond motifs is 1. The molecule has 0 radical (unpaired) electrons. The Morgan fingerprint density at radius 1 is 1.31 bits per heavy atom. The van der Waals surface area contributed by atoms with Crippen LogP contribution < -0.4 is 10.2 Å². The first kappa shape index (κ1) is 20.2. The van der Waals surface area contributed by atoms with E-state index in [1.807, 2.05) is 19.1 Å². The highest BCUT2D eigenvalue weighted by atomic mass is 79.9. The number of amides is 1. The average molecular weight is 500 g/mol. The van der Waals surface area contributed by atoms with E-state index in [4.69, 9.17) is 28.3 Å². The Labute approximate surface area is 184 Å². The SMILES string of the molecule is CC1(NC(=O)O)CCN(c2nc3n[nH]c(-c4cccc(Cl)c4Cl)c3nc2Br)CC1. The fourth-order valence-electron chi connectivity index (χ4n) is 3.49. The second-order valence-corrected chi connectivity index (χ2v) is 8.72. The summed E-state index contributed by atoms with van der Waals surface area (Å²) in [5, 5.41) is 19.7. The van der Waals surface area contributed by atoms with Gasteiger partial charge < -0.3 is 15.3 Å². The Morgan fingerprint density at radius 2 is 2.03 bits per heavy atom. The predicted molar refractivity (Wildman–Crippen MR) is 116 cm³/mol. The van der Waals surface area contributed by atoms with Crippen molar-refractivity contribution in [3.05, 3.63) is 32.8 Å². The lowest BCUT2D eigenvalue weighted by atomic mass is 9.90. The number of hydrogen-bond donors (Lipinski definition) is 3. The fourth-order valence-corrected chi connectivity index (χ4v) is 4.40. The second kappa shape index (κ2) is 7.62. The van der Waals surface area contributed by atoms with Gasteiger partial charge in [0.2, 0.25) is 5.65 Å². The van der Waals surface area contributed by atoms with Gasteiger partial charge in [-0.15, -0.1) is 0 Å². The molecule has 1 fully saturated rings. The van der Waals surface area contributed by atoms with Gasteiger partial charge in [0.25, 0.3) is 0 Å². The molecule has 1 aliphatic rings. The quantitative estimate of drug-likeness (QED) is 0.481. The van der Waals surface area contributed by atoms with Gasteiger partial charge in [0.1, 0.15) is 10.1 Å². The third-order valence-corrected chi connectivity index (χ3v) is 6.48. The van der Waals surface area contributed by atoms with Gasteiger partial charge in [0, 0.05) is 24.2 Å². The summed E-state index contributed by atoms with van der Waals surface area (Å²) in [5.74, 6) is 0.671. The highest BCUT2D eigenvalue weighted by Gasteiger charge is 2.33. The van der Waals surface area contributed by atoms with Gasteiger partial charge >= 0.3 is 6.09 Å². The molecule has 0 unspecified atom stereocenters. The zero-order valence-corrected chi connectivity index (χ0v) is 18.4. The van der Waals surface area contributed by atoms with Crippen LogP contribution in [0.15, 0.2) is 22.8 Å². The lowest BCUT2D eigenvalue weighted by molar-refractivity contribution is 0.173. The van der Waals surface area contributed by atoms with Crippen molar-refractivity contribution in [2.45, 2.75) is 25.3 Å². The number of rotatable bonds is 3. The van der Waals surface area contributed by atoms with E-state index in [0.717, 1.165) is 0 Å². The first-order valence-electron chi connectivity index (χ1n) is 8.89. The Morgan fingerprint density at radius 3 is 2.72 bits per heavy atom. The van der Waals surface area contributed by atoms with Gasteiger partial charge in [-0.1, -0.05) is 35.3 Å². The molecule has 8 nitrogen and oxygen atoms in total. The van der Waals surface area contributed by atoms with Crippen LogP contribution >= 0.6 is 39.1 Å². The van der Waals surface area contributed by atoms with Crippen molar-refractivity contribution in [2.24, 2.45) is 0 Å². The van der Waals surface area contributed by atoms with E-state index in [1.165, 1.54) is 0 Å². The molecule has 1 aromatic carbocycles. The summed E-state index contributed by atoms with van der Waals surface area (Å²) in [6, 6.07) is 5.36. The smallest absolute Gasteiger partial charge is 0.405 e. The molecule has 0 saturated carbocycles. The summed E-state index contributed by atoms with van der Waals surface area (Å²) in [6.45, 7) is 3.21. The van der Waals surface area contributed by atoms with Crippen LogP contribution in [0.5, 0.6) is 0 Å². The molecule has 3 heterocycles. The molecule has 3 aromatic rings. The molecule has 0 aliphatic carbocycles. The van der Waals surface area contributed by atoms with Gasteiger partial charge in [-0.05, 0) is 41.8 Å². The minimum atomic E-state index is -1.01. The van der Waals surface area contributed by atoms with Crippen LogP contribution in [-0.2, 0) is 0 Å². The summed E-state index contributed by atoms with van der Waals surface area (Å²) < 4.78 is 0.584. The average Bonchev–Trinajstić information content (AvgIpc) is 3.06. The first-order valence-corrected chi connectivity index (χ1v) is 10.4. The molecule has 29 heavy (non-hydrogen) atoms. The number of nitrogens with zero attached hydrogens (tertiary/aromatic N) is 4. The molecule has 1 aliphatic heterocycles. The lowest BCUT2D eigenvalue weighted by Gasteiger charge is -2.39. The number of aromatic nitrogens is 4. The second-order valence-electron chi connectivity index (χ2n) is 7.19. The number of carbonyl (C=O) groups is 1. The van der Waals surface area contributed by atoms with Crippen molar-refractivity contribution in [2.75, 3.05) is 18.0 Å². The van der Waals surface area contributed by atoms with Gasteiger partial charge in [-0.2, -0.15) is 5.10 Å². The van der Waals surface area contributed by atoms with Crippen LogP contribution in [0.4, 0.5) is 10.6 Å². The highest BCUT2D eigenvalue weighted by Crippen LogP contribution is 2.37. The molecule has 152 valence electrons. The third-order valence-electron chi connectivity index (χ3n) is 5.12. The molecular weight excluding hydrogens is 483 g/mol. The molecule has 1 amide bonds. The molecule has 3 N–H and O–H groups in total. The van der Waals surface area contributed by atoms with E-state index in [1.54, 1.807) is 6.07 Å². The maximum Gasteiger partial charge on any atom is 0.405 e. The monoisotopic (exact) mass is 498 g/mol. The lowest BCUT2D eigenvalue weighted by Crippen LogP contribution is -2.53. The maximum atomic E-state index is 11.0. The number of benzene rings is 1. The predicted octanol–water partition coefficient (Wildman–Crippen LogP) is 4.72. The van der Waals surface area contributed by atoms with Crippen LogP contribution in [0.3, 0.4) is 0 Å². The molecule has 0 bridgehead atoms. The minimum Gasteiger partial charge on any atom is -0.465 e. The van der Waals surface area contributed by atoms with Crippen LogP contribution in [-0.4, -0.2) is 50.0 Å². The van der Waals surface area contributed by atoms with E-state index >= 15 is 0 Å². The Balaban J connectivity index is 1.65. The Hall–Kier alpha value is -2.10. The van der Waals surface area contributed by atoms with Gasteiger partial charge in [-0.3, -0.25) is 5.10 Å². The summed E-state index contributed by atoms with van der Waals surface area (Å²) in [5.41, 5.74) is 1.94. The normalized spacial score (nSPS) is 16.2. The molecule has 4 rings (SSSR count). The maximum absolute atomic E-state index is 11.0. The largest absolute Gasteiger partial charge is 0.465 e. The van der Waals surface area contributed by atoms with Crippen LogP contribution in [0.25, 0.3) is 22.4 Å². The fraction of sp³-hybridized carbons (Fsp3) is 0.333. The minimum absolute atomic E-state index is 0.419. The van der Waals surface area contributed by atoms with Gasteiger partial charge in [0.05, 0.1) is 15.7 Å². The van der Waals surface area contributed by atoms with E-state index in [-0.39, 0.29) is 0 Å². The van der Waals surface area contributed by atoms with Crippen LogP contribution in [0, 0.1) is 0 Å². The molecule has 2 aromatic heterocycles.